The zero-order valence-electron chi connectivity index (χ0n) is 13.0. The second-order valence-electron chi connectivity index (χ2n) is 4.79. The van der Waals surface area contributed by atoms with Crippen molar-refractivity contribution < 1.29 is 37.2 Å². The molecule has 0 spiro atoms. The second-order valence-corrected chi connectivity index (χ2v) is 5.79. The van der Waals surface area contributed by atoms with Crippen molar-refractivity contribution in [2.24, 2.45) is 0 Å². The highest BCUT2D eigenvalue weighted by molar-refractivity contribution is 7.20. The Morgan fingerprint density at radius 3 is 2.58 bits per heavy atom. The summed E-state index contributed by atoms with van der Waals surface area (Å²) in [4.78, 5) is 33.2. The van der Waals surface area contributed by atoms with Gasteiger partial charge in [0.05, 0.1) is 17.1 Å². The molecule has 26 heavy (non-hydrogen) atoms. The van der Waals surface area contributed by atoms with Gasteiger partial charge in [-0.25, -0.2) is 0 Å². The first-order valence-corrected chi connectivity index (χ1v) is 7.73. The quantitative estimate of drug-likeness (QED) is 0.271. The Kier molecular flexibility index (Phi) is 5.30. The van der Waals surface area contributed by atoms with E-state index in [2.05, 4.69) is 10.1 Å². The lowest BCUT2D eigenvalue weighted by atomic mass is 10.2. The molecule has 0 saturated carbocycles. The molecule has 0 radical (unpaired) electrons. The van der Waals surface area contributed by atoms with Crippen molar-refractivity contribution >= 4 is 39.1 Å². The van der Waals surface area contributed by atoms with E-state index in [9.17, 15) is 38.1 Å². The summed E-state index contributed by atoms with van der Waals surface area (Å²) < 4.78 is 42.7. The molecule has 1 aromatic carbocycles. The van der Waals surface area contributed by atoms with Gasteiger partial charge in [-0.05, 0) is 18.3 Å². The van der Waals surface area contributed by atoms with E-state index in [-0.39, 0.29) is 16.0 Å². The van der Waals surface area contributed by atoms with Gasteiger partial charge in [0.15, 0.2) is 4.70 Å². The molecule has 0 aliphatic carbocycles. The van der Waals surface area contributed by atoms with Crippen LogP contribution in [0.3, 0.4) is 0 Å². The Labute approximate surface area is 146 Å². The molecule has 0 unspecified atom stereocenters. The van der Waals surface area contributed by atoms with Crippen molar-refractivity contribution in [2.75, 3.05) is 13.2 Å². The van der Waals surface area contributed by atoms with E-state index in [1.165, 1.54) is 6.92 Å². The van der Waals surface area contributed by atoms with Gasteiger partial charge in [-0.2, -0.15) is 13.2 Å². The molecule has 1 heterocycles. The molecule has 1 aromatic heterocycles. The number of nitro benzene ring substituents is 1. The molecule has 0 atom stereocenters. The summed E-state index contributed by atoms with van der Waals surface area (Å²) in [5, 5.41) is 24.6. The van der Waals surface area contributed by atoms with Crippen LogP contribution < -0.4 is 10.0 Å². The number of nitrogens with one attached hydrogen (secondary N) is 1. The second kappa shape index (κ2) is 7.11. The summed E-state index contributed by atoms with van der Waals surface area (Å²) in [6.45, 7) is 1.02. The molecular formula is C13H10F3N3O6S. The van der Waals surface area contributed by atoms with Gasteiger partial charge in [0, 0.05) is 12.1 Å². The van der Waals surface area contributed by atoms with Crippen molar-refractivity contribution in [3.8, 4) is 0 Å². The third kappa shape index (κ3) is 3.82. The first-order chi connectivity index (χ1) is 12.1. The van der Waals surface area contributed by atoms with Crippen LogP contribution in [0.2, 0.25) is 0 Å². The minimum absolute atomic E-state index is 0.0611. The predicted molar refractivity (Wildman–Crippen MR) is 81.4 cm³/mol. The van der Waals surface area contributed by atoms with Crippen LogP contribution in [-0.4, -0.2) is 30.0 Å². The summed E-state index contributed by atoms with van der Waals surface area (Å²) in [6, 6.07) is 0.715. The number of esters is 1. The van der Waals surface area contributed by atoms with Crippen LogP contribution in [0.25, 0.3) is 10.2 Å². The van der Waals surface area contributed by atoms with E-state index in [0.29, 0.717) is 23.5 Å². The number of fused-ring (bicyclic) bond motifs is 1. The number of halogens is 3. The molecule has 1 amide bonds. The Balaban J connectivity index is 2.49. The van der Waals surface area contributed by atoms with Gasteiger partial charge in [-0.15, -0.1) is 4.73 Å². The molecule has 0 saturated heterocycles. The number of carbonyl (C=O) groups is 2. The molecular weight excluding hydrogens is 383 g/mol. The zero-order valence-corrected chi connectivity index (χ0v) is 13.8. The molecule has 0 aliphatic heterocycles. The highest BCUT2D eigenvalue weighted by Crippen LogP contribution is 2.37. The number of carbonyl (C=O) groups excluding carboxylic acids is 2. The Bertz CT molecular complexity index is 895. The van der Waals surface area contributed by atoms with Gasteiger partial charge in [0.25, 0.3) is 5.69 Å². The molecule has 0 aliphatic rings. The van der Waals surface area contributed by atoms with Crippen LogP contribution in [0.15, 0.2) is 12.1 Å². The number of benzene rings is 1. The van der Waals surface area contributed by atoms with E-state index >= 15 is 0 Å². The minimum atomic E-state index is -4.92. The summed E-state index contributed by atoms with van der Waals surface area (Å²) in [7, 11) is 0. The fourth-order valence-corrected chi connectivity index (χ4v) is 3.00. The van der Waals surface area contributed by atoms with E-state index < -0.39 is 51.3 Å². The Morgan fingerprint density at radius 2 is 2.04 bits per heavy atom. The third-order valence-electron chi connectivity index (χ3n) is 3.07. The number of nitro groups is 1. The van der Waals surface area contributed by atoms with Crippen LogP contribution in [0.4, 0.5) is 18.9 Å². The lowest BCUT2D eigenvalue weighted by Gasteiger charge is -2.06. The van der Waals surface area contributed by atoms with E-state index in [0.717, 1.165) is 0 Å². The summed E-state index contributed by atoms with van der Waals surface area (Å²) in [6.07, 6.45) is -4.92. The number of alkyl halides is 3. The van der Waals surface area contributed by atoms with Crippen molar-refractivity contribution in [3.63, 3.8) is 0 Å². The Hall–Kier alpha value is -2.96. The van der Waals surface area contributed by atoms with Crippen LogP contribution in [0, 0.1) is 15.3 Å². The number of thiazole rings is 1. The van der Waals surface area contributed by atoms with Crippen LogP contribution in [-0.2, 0) is 15.7 Å². The van der Waals surface area contributed by atoms with Crippen molar-refractivity contribution in [1.82, 2.24) is 5.32 Å². The highest BCUT2D eigenvalue weighted by atomic mass is 32.1. The van der Waals surface area contributed by atoms with Gasteiger partial charge in [0.1, 0.15) is 6.54 Å². The minimum Gasteiger partial charge on any atom is -0.617 e. The zero-order chi connectivity index (χ0) is 19.6. The average molecular weight is 393 g/mol. The SMILES string of the molecule is CCOC(=O)CNC(=O)c1sc2c([N+](=O)[O-])cc(C(F)(F)F)cc2[n+]1[O-]. The molecule has 0 fully saturated rings. The van der Waals surface area contributed by atoms with Crippen LogP contribution in [0.5, 0.6) is 0 Å². The summed E-state index contributed by atoms with van der Waals surface area (Å²) in [5.74, 6) is -1.86. The normalized spacial score (nSPS) is 11.4. The first-order valence-electron chi connectivity index (χ1n) is 6.91. The van der Waals surface area contributed by atoms with Gasteiger partial charge < -0.3 is 15.3 Å². The number of amides is 1. The predicted octanol–water partition coefficient (Wildman–Crippen LogP) is 1.75. The number of non-ortho nitro benzene ring substituents is 1. The molecule has 13 heteroatoms. The van der Waals surface area contributed by atoms with Gasteiger partial charge in [0.2, 0.25) is 5.52 Å². The molecule has 9 nitrogen and oxygen atoms in total. The molecule has 140 valence electrons. The number of aromatic nitrogens is 1. The lowest BCUT2D eigenvalue weighted by Crippen LogP contribution is -2.39. The largest absolute Gasteiger partial charge is 0.617 e. The van der Waals surface area contributed by atoms with Crippen molar-refractivity contribution in [3.05, 3.63) is 38.0 Å². The third-order valence-corrected chi connectivity index (χ3v) is 4.24. The first kappa shape index (κ1) is 19.4. The van der Waals surface area contributed by atoms with Crippen molar-refractivity contribution in [1.29, 1.82) is 0 Å². The number of hydrogen-bond acceptors (Lipinski definition) is 7. The van der Waals surface area contributed by atoms with E-state index in [4.69, 9.17) is 0 Å². The molecule has 2 aromatic rings. The topological polar surface area (TPSA) is 125 Å². The highest BCUT2D eigenvalue weighted by Gasteiger charge is 2.37. The maximum Gasteiger partial charge on any atom is 0.416 e. The van der Waals surface area contributed by atoms with E-state index in [1.54, 1.807) is 0 Å². The molecule has 0 bridgehead atoms. The lowest BCUT2D eigenvalue weighted by molar-refractivity contribution is -0.574. The Morgan fingerprint density at radius 1 is 1.38 bits per heavy atom. The van der Waals surface area contributed by atoms with Crippen molar-refractivity contribution in [2.45, 2.75) is 13.1 Å². The summed E-state index contributed by atoms with van der Waals surface area (Å²) in [5.41, 5.74) is -3.01. The standard InChI is InChI=1S/C13H10F3N3O6S/c1-2-25-9(20)5-17-11(21)12-18(22)7-3-6(13(14,15)16)4-8(19(23)24)10(7)26-12/h3-4H,2,5H2,1H3,(H,17,21). The fourth-order valence-electron chi connectivity index (χ4n) is 1.98. The summed E-state index contributed by atoms with van der Waals surface area (Å²) >= 11 is 0.349. The van der Waals surface area contributed by atoms with Crippen LogP contribution in [0.1, 0.15) is 22.3 Å². The average Bonchev–Trinajstić information content (AvgIpc) is 2.88. The monoisotopic (exact) mass is 393 g/mol. The van der Waals surface area contributed by atoms with E-state index in [1.807, 2.05) is 0 Å². The maximum atomic E-state index is 12.9. The number of hydrogen-bond donors (Lipinski definition) is 1. The number of rotatable bonds is 5. The van der Waals surface area contributed by atoms with Gasteiger partial charge in [-0.1, -0.05) is 0 Å². The van der Waals surface area contributed by atoms with Gasteiger partial charge >= 0.3 is 23.1 Å². The molecule has 2 rings (SSSR count). The molecule has 1 N–H and O–H groups in total. The van der Waals surface area contributed by atoms with Crippen LogP contribution >= 0.6 is 11.3 Å². The maximum absolute atomic E-state index is 12.9. The van der Waals surface area contributed by atoms with Gasteiger partial charge in [-0.3, -0.25) is 19.7 Å². The smallest absolute Gasteiger partial charge is 0.416 e. The number of ether oxygens (including phenoxy) is 1. The fraction of sp³-hybridized carbons (Fsp3) is 0.308. The number of nitrogens with zero attached hydrogens (tertiary/aromatic N) is 2.